The van der Waals surface area contributed by atoms with E-state index in [4.69, 9.17) is 5.11 Å². The first-order chi connectivity index (χ1) is 6.20. The normalized spacial score (nSPS) is 11.5. The van der Waals surface area contributed by atoms with Crippen molar-refractivity contribution in [2.75, 3.05) is 46.9 Å². The molecule has 0 aromatic rings. The van der Waals surface area contributed by atoms with Crippen molar-refractivity contribution >= 4 is 0 Å². The minimum Gasteiger partial charge on any atom is -0.395 e. The Labute approximate surface area is 82.3 Å². The van der Waals surface area contributed by atoms with Crippen molar-refractivity contribution in [3.05, 3.63) is 0 Å². The van der Waals surface area contributed by atoms with E-state index in [2.05, 4.69) is 30.8 Å². The third kappa shape index (κ3) is 8.22. The van der Waals surface area contributed by atoms with Gasteiger partial charge in [-0.15, -0.1) is 0 Å². The minimum absolute atomic E-state index is 0.280. The summed E-state index contributed by atoms with van der Waals surface area (Å²) in [6.45, 7) is 6.62. The van der Waals surface area contributed by atoms with E-state index in [1.54, 1.807) is 0 Å². The molecule has 0 aliphatic heterocycles. The maximum absolute atomic E-state index is 8.82. The second-order valence-electron chi connectivity index (χ2n) is 3.72. The maximum atomic E-state index is 8.82. The first kappa shape index (κ1) is 12.9. The summed E-state index contributed by atoms with van der Waals surface area (Å²) in [5.41, 5.74) is 0. The van der Waals surface area contributed by atoms with Crippen LogP contribution in [0.5, 0.6) is 0 Å². The predicted molar refractivity (Wildman–Crippen MR) is 57.0 cm³/mol. The molecule has 0 bridgehead atoms. The lowest BCUT2D eigenvalue weighted by molar-refractivity contribution is 0.190. The molecule has 0 rings (SSSR count). The SMILES string of the molecule is CCCN(CCO)CCCN(C)C. The number of nitrogens with zero attached hydrogens (tertiary/aromatic N) is 2. The van der Waals surface area contributed by atoms with Gasteiger partial charge in [-0.3, -0.25) is 0 Å². The molecule has 0 saturated carbocycles. The Balaban J connectivity index is 3.44. The molecule has 1 N–H and O–H groups in total. The van der Waals surface area contributed by atoms with E-state index in [-0.39, 0.29) is 6.61 Å². The van der Waals surface area contributed by atoms with Gasteiger partial charge in [0.2, 0.25) is 0 Å². The largest absolute Gasteiger partial charge is 0.395 e. The van der Waals surface area contributed by atoms with Crippen LogP contribution in [0, 0.1) is 0 Å². The van der Waals surface area contributed by atoms with Gasteiger partial charge in [-0.2, -0.15) is 0 Å². The van der Waals surface area contributed by atoms with E-state index in [9.17, 15) is 0 Å². The molecular formula is C10H24N2O. The van der Waals surface area contributed by atoms with E-state index in [0.717, 1.165) is 26.2 Å². The maximum Gasteiger partial charge on any atom is 0.0558 e. The molecule has 0 heterocycles. The van der Waals surface area contributed by atoms with Crippen molar-refractivity contribution in [3.63, 3.8) is 0 Å². The highest BCUT2D eigenvalue weighted by atomic mass is 16.3. The molecule has 0 fully saturated rings. The highest BCUT2D eigenvalue weighted by molar-refractivity contribution is 4.57. The second-order valence-corrected chi connectivity index (χ2v) is 3.72. The summed E-state index contributed by atoms with van der Waals surface area (Å²) < 4.78 is 0. The summed E-state index contributed by atoms with van der Waals surface area (Å²) in [5.74, 6) is 0. The quantitative estimate of drug-likeness (QED) is 0.605. The Hall–Kier alpha value is -0.120. The molecule has 0 aromatic carbocycles. The highest BCUT2D eigenvalue weighted by Gasteiger charge is 2.02. The summed E-state index contributed by atoms with van der Waals surface area (Å²) in [4.78, 5) is 4.52. The molecular weight excluding hydrogens is 164 g/mol. The van der Waals surface area contributed by atoms with Crippen LogP contribution < -0.4 is 0 Å². The van der Waals surface area contributed by atoms with Crippen LogP contribution in [0.3, 0.4) is 0 Å². The number of rotatable bonds is 8. The molecule has 13 heavy (non-hydrogen) atoms. The van der Waals surface area contributed by atoms with Gasteiger partial charge in [-0.05, 0) is 46.6 Å². The van der Waals surface area contributed by atoms with Gasteiger partial charge in [0.1, 0.15) is 0 Å². The zero-order chi connectivity index (χ0) is 10.1. The minimum atomic E-state index is 0.280. The Bertz CT molecular complexity index is 101. The molecule has 0 aliphatic carbocycles. The van der Waals surface area contributed by atoms with Gasteiger partial charge in [0.05, 0.1) is 6.61 Å². The summed E-state index contributed by atoms with van der Waals surface area (Å²) in [6.07, 6.45) is 2.36. The number of hydrogen-bond donors (Lipinski definition) is 1. The molecule has 0 amide bonds. The van der Waals surface area contributed by atoms with Gasteiger partial charge in [0.15, 0.2) is 0 Å². The molecule has 0 radical (unpaired) electrons. The van der Waals surface area contributed by atoms with Gasteiger partial charge in [0, 0.05) is 6.54 Å². The average Bonchev–Trinajstić information content (AvgIpc) is 2.04. The summed E-state index contributed by atoms with van der Waals surface area (Å²) in [6, 6.07) is 0. The Morgan fingerprint density at radius 1 is 1.00 bits per heavy atom. The van der Waals surface area contributed by atoms with Crippen molar-refractivity contribution in [1.29, 1.82) is 0 Å². The van der Waals surface area contributed by atoms with Crippen molar-refractivity contribution < 1.29 is 5.11 Å². The fraction of sp³-hybridized carbons (Fsp3) is 1.00. The molecule has 0 unspecified atom stereocenters. The van der Waals surface area contributed by atoms with Crippen LogP contribution in [0.25, 0.3) is 0 Å². The van der Waals surface area contributed by atoms with Crippen molar-refractivity contribution in [2.24, 2.45) is 0 Å². The number of hydrogen-bond acceptors (Lipinski definition) is 3. The Morgan fingerprint density at radius 2 is 1.69 bits per heavy atom. The van der Waals surface area contributed by atoms with E-state index in [1.165, 1.54) is 12.8 Å². The standard InChI is InChI=1S/C10H24N2O/c1-4-6-12(9-10-13)8-5-7-11(2)3/h13H,4-10H2,1-3H3. The molecule has 0 aromatic heterocycles. The fourth-order valence-electron chi connectivity index (χ4n) is 1.40. The lowest BCUT2D eigenvalue weighted by Gasteiger charge is -2.21. The number of aliphatic hydroxyl groups excluding tert-OH is 1. The average molecular weight is 188 g/mol. The van der Waals surface area contributed by atoms with E-state index in [1.807, 2.05) is 0 Å². The zero-order valence-electron chi connectivity index (χ0n) is 9.29. The summed E-state index contributed by atoms with van der Waals surface area (Å²) in [7, 11) is 4.19. The number of aliphatic hydroxyl groups is 1. The zero-order valence-corrected chi connectivity index (χ0v) is 9.29. The third-order valence-electron chi connectivity index (χ3n) is 2.04. The topological polar surface area (TPSA) is 26.7 Å². The van der Waals surface area contributed by atoms with Crippen LogP contribution in [0.4, 0.5) is 0 Å². The fourth-order valence-corrected chi connectivity index (χ4v) is 1.40. The molecule has 0 aliphatic rings. The van der Waals surface area contributed by atoms with Crippen LogP contribution >= 0.6 is 0 Å². The van der Waals surface area contributed by atoms with Gasteiger partial charge in [-0.1, -0.05) is 6.92 Å². The molecule has 0 atom stereocenters. The van der Waals surface area contributed by atoms with Crippen molar-refractivity contribution in [3.8, 4) is 0 Å². The van der Waals surface area contributed by atoms with Gasteiger partial charge < -0.3 is 14.9 Å². The van der Waals surface area contributed by atoms with E-state index in [0.29, 0.717) is 0 Å². The van der Waals surface area contributed by atoms with Crippen molar-refractivity contribution in [2.45, 2.75) is 19.8 Å². The van der Waals surface area contributed by atoms with Gasteiger partial charge in [0.25, 0.3) is 0 Å². The first-order valence-corrected chi connectivity index (χ1v) is 5.18. The third-order valence-corrected chi connectivity index (χ3v) is 2.04. The van der Waals surface area contributed by atoms with Crippen LogP contribution in [-0.4, -0.2) is 61.8 Å². The second kappa shape index (κ2) is 8.48. The molecule has 0 spiro atoms. The molecule has 0 saturated heterocycles. The predicted octanol–water partition coefficient (Wildman–Crippen LogP) is 0.642. The Morgan fingerprint density at radius 3 is 2.15 bits per heavy atom. The van der Waals surface area contributed by atoms with Crippen LogP contribution in [0.15, 0.2) is 0 Å². The van der Waals surface area contributed by atoms with Crippen LogP contribution in [-0.2, 0) is 0 Å². The Kier molecular flexibility index (Phi) is 8.40. The lowest BCUT2D eigenvalue weighted by atomic mass is 10.3. The van der Waals surface area contributed by atoms with E-state index < -0.39 is 0 Å². The molecule has 3 heteroatoms. The summed E-state index contributed by atoms with van der Waals surface area (Å²) >= 11 is 0. The first-order valence-electron chi connectivity index (χ1n) is 5.18. The highest BCUT2D eigenvalue weighted by Crippen LogP contribution is 1.94. The van der Waals surface area contributed by atoms with Crippen molar-refractivity contribution in [1.82, 2.24) is 9.80 Å². The van der Waals surface area contributed by atoms with Gasteiger partial charge >= 0.3 is 0 Å². The van der Waals surface area contributed by atoms with Gasteiger partial charge in [-0.25, -0.2) is 0 Å². The monoisotopic (exact) mass is 188 g/mol. The summed E-state index contributed by atoms with van der Waals surface area (Å²) in [5, 5.41) is 8.82. The lowest BCUT2D eigenvalue weighted by Crippen LogP contribution is -2.30. The molecule has 80 valence electrons. The smallest absolute Gasteiger partial charge is 0.0558 e. The van der Waals surface area contributed by atoms with Crippen LogP contribution in [0.1, 0.15) is 19.8 Å². The van der Waals surface area contributed by atoms with E-state index >= 15 is 0 Å². The van der Waals surface area contributed by atoms with Crippen LogP contribution in [0.2, 0.25) is 0 Å². The molecule has 3 nitrogen and oxygen atoms in total.